The van der Waals surface area contributed by atoms with Gasteiger partial charge in [-0.1, -0.05) is 0 Å². The van der Waals surface area contributed by atoms with E-state index >= 15 is 0 Å². The van der Waals surface area contributed by atoms with Crippen LogP contribution in [0.2, 0.25) is 0 Å². The summed E-state index contributed by atoms with van der Waals surface area (Å²) < 4.78 is 7.55. The van der Waals surface area contributed by atoms with Gasteiger partial charge in [-0.15, -0.1) is 22.7 Å². The highest BCUT2D eigenvalue weighted by atomic mass is 32.1. The lowest BCUT2D eigenvalue weighted by Crippen LogP contribution is -2.26. The number of thiazole rings is 1. The van der Waals surface area contributed by atoms with Crippen molar-refractivity contribution in [2.75, 3.05) is 6.54 Å². The Morgan fingerprint density at radius 3 is 2.83 bits per heavy atom. The molecule has 150 valence electrons. The van der Waals surface area contributed by atoms with Crippen LogP contribution in [-0.2, 0) is 13.0 Å². The third-order valence-corrected chi connectivity index (χ3v) is 6.84. The van der Waals surface area contributed by atoms with Crippen molar-refractivity contribution >= 4 is 28.6 Å². The second kappa shape index (κ2) is 8.39. The van der Waals surface area contributed by atoms with Crippen molar-refractivity contribution in [1.82, 2.24) is 14.9 Å². The van der Waals surface area contributed by atoms with Gasteiger partial charge in [0.2, 0.25) is 0 Å². The number of furan rings is 1. The number of hydrogen-bond acceptors (Lipinski definition) is 5. The molecule has 0 aliphatic carbocycles. The molecule has 0 aromatic carbocycles. The number of amides is 1. The number of aromatic nitrogens is 2. The molecule has 0 unspecified atom stereocenters. The Hall–Kier alpha value is -2.64. The smallest absolute Gasteiger partial charge is 0.253 e. The molecule has 0 atom stereocenters. The number of hydrogen-bond donors (Lipinski definition) is 1. The maximum absolute atomic E-state index is 12.7. The van der Waals surface area contributed by atoms with Crippen molar-refractivity contribution in [3.8, 4) is 10.6 Å². The second-order valence-corrected chi connectivity index (χ2v) is 9.20. The second-order valence-electron chi connectivity index (χ2n) is 6.97. The van der Waals surface area contributed by atoms with Gasteiger partial charge in [-0.3, -0.25) is 4.79 Å². The van der Waals surface area contributed by atoms with Gasteiger partial charge in [0.05, 0.1) is 34.0 Å². The van der Waals surface area contributed by atoms with Crippen LogP contribution in [0.5, 0.6) is 0 Å². The summed E-state index contributed by atoms with van der Waals surface area (Å²) in [5.74, 6) is 0.846. The summed E-state index contributed by atoms with van der Waals surface area (Å²) in [6.45, 7) is 7.25. The Balaban J connectivity index is 1.36. The third-order valence-electron chi connectivity index (χ3n) is 4.90. The first-order chi connectivity index (χ1) is 14.0. The topological polar surface area (TPSA) is 60.1 Å². The van der Waals surface area contributed by atoms with E-state index in [1.807, 2.05) is 39.0 Å². The molecule has 4 aromatic rings. The number of nitrogens with one attached hydrogen (secondary N) is 1. The highest BCUT2D eigenvalue weighted by Crippen LogP contribution is 2.29. The predicted octanol–water partition coefficient (Wildman–Crippen LogP) is 5.21. The summed E-state index contributed by atoms with van der Waals surface area (Å²) in [5, 5.41) is 6.22. The molecule has 0 saturated heterocycles. The molecular weight excluding hydrogens is 402 g/mol. The van der Waals surface area contributed by atoms with Crippen LogP contribution in [0.15, 0.2) is 46.4 Å². The molecule has 5 nitrogen and oxygen atoms in total. The number of aryl methyl sites for hydroxylation is 2. The van der Waals surface area contributed by atoms with Gasteiger partial charge in [0.15, 0.2) is 0 Å². The summed E-state index contributed by atoms with van der Waals surface area (Å²) in [7, 11) is 0. The molecule has 0 radical (unpaired) electrons. The van der Waals surface area contributed by atoms with Gasteiger partial charge < -0.3 is 14.3 Å². The Morgan fingerprint density at radius 1 is 1.24 bits per heavy atom. The first-order valence-corrected chi connectivity index (χ1v) is 11.2. The Morgan fingerprint density at radius 2 is 2.10 bits per heavy atom. The summed E-state index contributed by atoms with van der Waals surface area (Å²) in [4.78, 5) is 19.7. The summed E-state index contributed by atoms with van der Waals surface area (Å²) in [6, 6.07) is 10.00. The van der Waals surface area contributed by atoms with Crippen molar-refractivity contribution in [2.45, 2.75) is 33.7 Å². The Kier molecular flexibility index (Phi) is 5.69. The minimum absolute atomic E-state index is 0.0318. The van der Waals surface area contributed by atoms with Crippen LogP contribution in [0.4, 0.5) is 0 Å². The van der Waals surface area contributed by atoms with E-state index in [0.717, 1.165) is 39.8 Å². The molecule has 0 bridgehead atoms. The average Bonchev–Trinajstić information content (AvgIpc) is 3.47. The minimum atomic E-state index is -0.0318. The lowest BCUT2D eigenvalue weighted by molar-refractivity contribution is 0.0953. The fourth-order valence-electron chi connectivity index (χ4n) is 3.35. The molecule has 1 N–H and O–H groups in total. The highest BCUT2D eigenvalue weighted by Gasteiger charge is 2.16. The lowest BCUT2D eigenvalue weighted by atomic mass is 10.2. The first kappa shape index (κ1) is 19.7. The van der Waals surface area contributed by atoms with E-state index < -0.39 is 0 Å². The van der Waals surface area contributed by atoms with E-state index in [2.05, 4.69) is 32.4 Å². The van der Waals surface area contributed by atoms with Gasteiger partial charge in [-0.05, 0) is 57.5 Å². The zero-order valence-electron chi connectivity index (χ0n) is 16.7. The monoisotopic (exact) mass is 425 g/mol. The van der Waals surface area contributed by atoms with Crippen LogP contribution < -0.4 is 5.32 Å². The molecule has 0 aliphatic rings. The molecule has 0 fully saturated rings. The number of rotatable bonds is 7. The van der Waals surface area contributed by atoms with Crippen LogP contribution in [-0.4, -0.2) is 22.0 Å². The Bertz CT molecular complexity index is 1120. The van der Waals surface area contributed by atoms with Crippen molar-refractivity contribution in [3.05, 3.63) is 74.6 Å². The van der Waals surface area contributed by atoms with Crippen LogP contribution in [0.25, 0.3) is 10.6 Å². The SMILES string of the molecule is Cc1nc(-c2ccc(CCNC(=O)c3cc(C)n(Cc4ccco4)c3C)s2)cs1. The maximum atomic E-state index is 12.7. The number of carbonyl (C=O) groups excluding carboxylic acids is 1. The van der Waals surface area contributed by atoms with Crippen LogP contribution in [0.3, 0.4) is 0 Å². The number of thiophene rings is 1. The van der Waals surface area contributed by atoms with Gasteiger partial charge in [-0.2, -0.15) is 0 Å². The van der Waals surface area contributed by atoms with E-state index in [4.69, 9.17) is 4.42 Å². The molecule has 0 aliphatic heterocycles. The predicted molar refractivity (Wildman–Crippen MR) is 118 cm³/mol. The van der Waals surface area contributed by atoms with E-state index in [-0.39, 0.29) is 5.91 Å². The minimum Gasteiger partial charge on any atom is -0.467 e. The van der Waals surface area contributed by atoms with E-state index in [9.17, 15) is 4.79 Å². The van der Waals surface area contributed by atoms with E-state index in [1.54, 1.807) is 28.9 Å². The van der Waals surface area contributed by atoms with Crippen molar-refractivity contribution in [2.24, 2.45) is 0 Å². The van der Waals surface area contributed by atoms with Gasteiger partial charge in [0, 0.05) is 28.2 Å². The standard InChI is InChI=1S/C22H23N3O2S2/c1-14-11-19(15(2)25(14)12-17-5-4-10-27-17)22(26)23-9-8-18-6-7-21(29-18)20-13-28-16(3)24-20/h4-7,10-11,13H,8-9,12H2,1-3H3,(H,23,26). The molecule has 29 heavy (non-hydrogen) atoms. The molecule has 4 heterocycles. The zero-order valence-corrected chi connectivity index (χ0v) is 18.3. The fraction of sp³-hybridized carbons (Fsp3) is 0.273. The molecule has 4 rings (SSSR count). The first-order valence-electron chi connectivity index (χ1n) is 9.50. The van der Waals surface area contributed by atoms with Gasteiger partial charge in [0.25, 0.3) is 5.91 Å². The lowest BCUT2D eigenvalue weighted by Gasteiger charge is -2.08. The van der Waals surface area contributed by atoms with Crippen molar-refractivity contribution < 1.29 is 9.21 Å². The summed E-state index contributed by atoms with van der Waals surface area (Å²) in [5.41, 5.74) is 3.76. The maximum Gasteiger partial charge on any atom is 0.253 e. The zero-order chi connectivity index (χ0) is 20.4. The fourth-order valence-corrected chi connectivity index (χ4v) is 5.01. The van der Waals surface area contributed by atoms with Crippen LogP contribution in [0, 0.1) is 20.8 Å². The Labute approximate surface area is 178 Å². The van der Waals surface area contributed by atoms with E-state index in [1.165, 1.54) is 9.75 Å². The summed E-state index contributed by atoms with van der Waals surface area (Å²) >= 11 is 3.40. The third kappa shape index (κ3) is 4.36. The average molecular weight is 426 g/mol. The molecule has 4 aromatic heterocycles. The molecular formula is C22H23N3O2S2. The van der Waals surface area contributed by atoms with Gasteiger partial charge in [0.1, 0.15) is 5.76 Å². The van der Waals surface area contributed by atoms with Gasteiger partial charge in [-0.25, -0.2) is 4.98 Å². The molecule has 0 spiro atoms. The number of carbonyl (C=O) groups is 1. The van der Waals surface area contributed by atoms with E-state index in [0.29, 0.717) is 13.1 Å². The van der Waals surface area contributed by atoms with Crippen molar-refractivity contribution in [3.63, 3.8) is 0 Å². The van der Waals surface area contributed by atoms with Crippen LogP contribution >= 0.6 is 22.7 Å². The quantitative estimate of drug-likeness (QED) is 0.442. The molecule has 0 saturated carbocycles. The molecule has 1 amide bonds. The highest BCUT2D eigenvalue weighted by molar-refractivity contribution is 7.16. The number of nitrogens with zero attached hydrogens (tertiary/aromatic N) is 2. The molecule has 7 heteroatoms. The largest absolute Gasteiger partial charge is 0.467 e. The summed E-state index contributed by atoms with van der Waals surface area (Å²) in [6.07, 6.45) is 2.48. The van der Waals surface area contributed by atoms with Crippen LogP contribution in [0.1, 0.15) is 37.4 Å². The van der Waals surface area contributed by atoms with Crippen molar-refractivity contribution in [1.29, 1.82) is 0 Å². The van der Waals surface area contributed by atoms with Gasteiger partial charge >= 0.3 is 0 Å². The normalized spacial score (nSPS) is 11.1.